The minimum Gasteiger partial charge on any atom is -0.334 e. The molecule has 1 unspecified atom stereocenters. The predicted molar refractivity (Wildman–Crippen MR) is 99.7 cm³/mol. The van der Waals surface area contributed by atoms with E-state index in [1.54, 1.807) is 12.1 Å². The van der Waals surface area contributed by atoms with Crippen LogP contribution in [0.15, 0.2) is 30.3 Å². The Morgan fingerprint density at radius 3 is 2.75 bits per heavy atom. The van der Waals surface area contributed by atoms with Gasteiger partial charge in [0, 0.05) is 24.0 Å². The second kappa shape index (κ2) is 8.10. The van der Waals surface area contributed by atoms with Gasteiger partial charge in [0.15, 0.2) is 0 Å². The fraction of sp³-hybridized carbons (Fsp3) is 0.389. The van der Waals surface area contributed by atoms with Crippen LogP contribution in [-0.2, 0) is 0 Å². The second-order valence-corrected chi connectivity index (χ2v) is 7.20. The van der Waals surface area contributed by atoms with Crippen molar-refractivity contribution in [3.8, 4) is 11.1 Å². The summed E-state index contributed by atoms with van der Waals surface area (Å²) in [5.74, 6) is -0.130. The Hall–Kier alpha value is -1.43. The zero-order valence-corrected chi connectivity index (χ0v) is 15.5. The summed E-state index contributed by atoms with van der Waals surface area (Å²) in [6.45, 7) is 3.67. The molecule has 3 nitrogen and oxygen atoms in total. The summed E-state index contributed by atoms with van der Waals surface area (Å²) in [5.41, 5.74) is 1.97. The maximum atomic E-state index is 13.1. The third kappa shape index (κ3) is 3.79. The normalized spacial score (nSPS) is 17.0. The van der Waals surface area contributed by atoms with Crippen molar-refractivity contribution >= 4 is 29.7 Å². The molecule has 3 rings (SSSR count). The number of aryl methyl sites for hydroxylation is 1. The minimum atomic E-state index is -0.245. The number of likely N-dealkylation sites (N-methyl/N-ethyl adjacent to an activating group) is 1. The second-order valence-electron chi connectivity index (χ2n) is 5.94. The average Bonchev–Trinajstić information content (AvgIpc) is 3.15. The van der Waals surface area contributed by atoms with Crippen LogP contribution in [0.25, 0.3) is 11.1 Å². The lowest BCUT2D eigenvalue weighted by Gasteiger charge is -2.23. The molecule has 6 heteroatoms. The van der Waals surface area contributed by atoms with Gasteiger partial charge in [-0.2, -0.15) is 0 Å². The molecule has 1 aliphatic rings. The van der Waals surface area contributed by atoms with Crippen molar-refractivity contribution in [3.05, 3.63) is 45.9 Å². The molecule has 1 aromatic heterocycles. The van der Waals surface area contributed by atoms with Gasteiger partial charge in [-0.3, -0.25) is 4.79 Å². The van der Waals surface area contributed by atoms with Crippen molar-refractivity contribution in [1.29, 1.82) is 0 Å². The van der Waals surface area contributed by atoms with Crippen molar-refractivity contribution in [2.45, 2.75) is 25.8 Å². The number of thiophene rings is 1. The van der Waals surface area contributed by atoms with Crippen molar-refractivity contribution in [2.75, 3.05) is 20.1 Å². The molecule has 0 aliphatic carbocycles. The Labute approximate surface area is 152 Å². The topological polar surface area (TPSA) is 32.3 Å². The zero-order valence-electron chi connectivity index (χ0n) is 13.8. The number of benzene rings is 1. The van der Waals surface area contributed by atoms with Gasteiger partial charge in [-0.1, -0.05) is 12.1 Å². The van der Waals surface area contributed by atoms with Crippen molar-refractivity contribution in [3.63, 3.8) is 0 Å². The third-order valence-corrected chi connectivity index (χ3v) is 5.40. The van der Waals surface area contributed by atoms with Gasteiger partial charge in [-0.25, -0.2) is 4.39 Å². The molecule has 1 amide bonds. The predicted octanol–water partition coefficient (Wildman–Crippen LogP) is 4.11. The number of hydrogen-bond donors (Lipinski definition) is 1. The summed E-state index contributed by atoms with van der Waals surface area (Å²) in [7, 11) is 1.92. The number of carbonyl (C=O) groups excluding carboxylic acids is 1. The smallest absolute Gasteiger partial charge is 0.264 e. The van der Waals surface area contributed by atoms with Crippen molar-refractivity contribution < 1.29 is 9.18 Å². The number of rotatable bonds is 4. The van der Waals surface area contributed by atoms with E-state index in [1.807, 2.05) is 24.9 Å². The molecule has 0 spiro atoms. The monoisotopic (exact) mass is 368 g/mol. The van der Waals surface area contributed by atoms with Crippen molar-refractivity contribution in [1.82, 2.24) is 10.2 Å². The molecular weight excluding hydrogens is 347 g/mol. The van der Waals surface area contributed by atoms with E-state index in [1.165, 1.54) is 23.5 Å². The molecular formula is C18H22ClFN2OS. The first-order chi connectivity index (χ1) is 11.1. The summed E-state index contributed by atoms with van der Waals surface area (Å²) in [5, 5.41) is 3.17. The largest absolute Gasteiger partial charge is 0.334 e. The van der Waals surface area contributed by atoms with Gasteiger partial charge in [-0.05, 0) is 56.1 Å². The number of likely N-dealkylation sites (tertiary alicyclic amines) is 1. The first-order valence-corrected chi connectivity index (χ1v) is 8.73. The number of nitrogens with zero attached hydrogens (tertiary/aromatic N) is 1. The maximum absolute atomic E-state index is 13.1. The lowest BCUT2D eigenvalue weighted by Crippen LogP contribution is -2.40. The Balaban J connectivity index is 0.00000208. The van der Waals surface area contributed by atoms with Gasteiger partial charge in [0.2, 0.25) is 0 Å². The van der Waals surface area contributed by atoms with E-state index in [0.29, 0.717) is 0 Å². The molecule has 2 heterocycles. The van der Waals surface area contributed by atoms with Gasteiger partial charge < -0.3 is 10.2 Å². The molecule has 1 aromatic carbocycles. The Bertz CT molecular complexity index is 702. The van der Waals surface area contributed by atoms with Gasteiger partial charge >= 0.3 is 0 Å². The van der Waals surface area contributed by atoms with Crippen LogP contribution in [0.5, 0.6) is 0 Å². The highest BCUT2D eigenvalue weighted by Gasteiger charge is 2.30. The van der Waals surface area contributed by atoms with Gasteiger partial charge in [-0.15, -0.1) is 23.7 Å². The molecule has 0 radical (unpaired) electrons. The van der Waals surface area contributed by atoms with Crippen LogP contribution >= 0.6 is 23.7 Å². The fourth-order valence-corrected chi connectivity index (χ4v) is 4.19. The van der Waals surface area contributed by atoms with E-state index in [0.717, 1.165) is 46.8 Å². The van der Waals surface area contributed by atoms with Crippen LogP contribution < -0.4 is 5.32 Å². The first-order valence-electron chi connectivity index (χ1n) is 7.92. The van der Waals surface area contributed by atoms with E-state index in [9.17, 15) is 9.18 Å². The summed E-state index contributed by atoms with van der Waals surface area (Å²) in [6.07, 6.45) is 2.12. The van der Waals surface area contributed by atoms with Gasteiger partial charge in [0.1, 0.15) is 5.82 Å². The number of nitrogens with one attached hydrogen (secondary N) is 1. The number of hydrogen-bond acceptors (Lipinski definition) is 3. The molecule has 2 aromatic rings. The highest BCUT2D eigenvalue weighted by Crippen LogP contribution is 2.33. The van der Waals surface area contributed by atoms with E-state index in [4.69, 9.17) is 0 Å². The number of carbonyl (C=O) groups is 1. The molecule has 0 saturated carbocycles. The maximum Gasteiger partial charge on any atom is 0.264 e. The first kappa shape index (κ1) is 18.9. The lowest BCUT2D eigenvalue weighted by atomic mass is 10.1. The zero-order chi connectivity index (χ0) is 16.4. The van der Waals surface area contributed by atoms with Gasteiger partial charge in [0.05, 0.1) is 4.88 Å². The highest BCUT2D eigenvalue weighted by atomic mass is 35.5. The van der Waals surface area contributed by atoms with E-state index < -0.39 is 0 Å². The highest BCUT2D eigenvalue weighted by molar-refractivity contribution is 7.14. The van der Waals surface area contributed by atoms with Gasteiger partial charge in [0.25, 0.3) is 5.91 Å². The lowest BCUT2D eigenvalue weighted by molar-refractivity contribution is 0.0742. The molecule has 1 aliphatic heterocycles. The molecule has 0 bridgehead atoms. The fourth-order valence-electron chi connectivity index (χ4n) is 3.20. The Morgan fingerprint density at radius 2 is 2.08 bits per heavy atom. The Kier molecular flexibility index (Phi) is 6.38. The molecule has 1 atom stereocenters. The quantitative estimate of drug-likeness (QED) is 0.880. The number of halogens is 2. The van der Waals surface area contributed by atoms with Crippen LogP contribution in [0.3, 0.4) is 0 Å². The van der Waals surface area contributed by atoms with E-state index in [-0.39, 0.29) is 30.2 Å². The average molecular weight is 369 g/mol. The van der Waals surface area contributed by atoms with Crippen LogP contribution in [0.1, 0.15) is 27.4 Å². The summed E-state index contributed by atoms with van der Waals surface area (Å²) in [4.78, 5) is 16.7. The minimum absolute atomic E-state index is 0. The van der Waals surface area contributed by atoms with E-state index in [2.05, 4.69) is 5.32 Å². The summed E-state index contributed by atoms with van der Waals surface area (Å²) >= 11 is 1.52. The van der Waals surface area contributed by atoms with Crippen LogP contribution in [0.2, 0.25) is 0 Å². The van der Waals surface area contributed by atoms with Crippen LogP contribution in [0, 0.1) is 12.7 Å². The SMILES string of the molecule is CNCC1CCCN1C(=O)c1cc(-c2ccc(F)cc2)c(C)s1.Cl. The molecule has 1 saturated heterocycles. The molecule has 24 heavy (non-hydrogen) atoms. The standard InChI is InChI=1S/C18H21FN2OS.ClH/c1-12-16(13-5-7-14(19)8-6-13)10-17(23-12)18(22)21-9-3-4-15(21)11-20-2;/h5-8,10,15,20H,3-4,9,11H2,1-2H3;1H. The van der Waals surface area contributed by atoms with Crippen LogP contribution in [-0.4, -0.2) is 37.0 Å². The third-order valence-electron chi connectivity index (χ3n) is 4.36. The number of amides is 1. The molecule has 1 N–H and O–H groups in total. The summed E-state index contributed by atoms with van der Waals surface area (Å²) in [6, 6.07) is 8.67. The molecule has 130 valence electrons. The Morgan fingerprint density at radius 1 is 1.38 bits per heavy atom. The summed E-state index contributed by atoms with van der Waals surface area (Å²) < 4.78 is 13.1. The van der Waals surface area contributed by atoms with E-state index >= 15 is 0 Å². The van der Waals surface area contributed by atoms with Crippen molar-refractivity contribution in [2.24, 2.45) is 0 Å². The molecule has 1 fully saturated rings. The van der Waals surface area contributed by atoms with Crippen LogP contribution in [0.4, 0.5) is 4.39 Å².